The maximum absolute atomic E-state index is 5.96. The molecule has 2 atom stereocenters. The Bertz CT molecular complexity index is 175. The van der Waals surface area contributed by atoms with Crippen LogP contribution in [0.2, 0.25) is 0 Å². The number of allylic oxidation sites excluding steroid dienone is 3. The van der Waals surface area contributed by atoms with Gasteiger partial charge in [-0.2, -0.15) is 12.6 Å². The maximum atomic E-state index is 5.96. The van der Waals surface area contributed by atoms with Gasteiger partial charge in [0.1, 0.15) is 0 Å². The van der Waals surface area contributed by atoms with Crippen molar-refractivity contribution in [2.75, 3.05) is 0 Å². The van der Waals surface area contributed by atoms with Crippen LogP contribution in [0.4, 0.5) is 0 Å². The highest BCUT2D eigenvalue weighted by molar-refractivity contribution is 7.81. The molecule has 0 saturated heterocycles. The van der Waals surface area contributed by atoms with E-state index in [1.54, 1.807) is 0 Å². The molecule has 0 rings (SSSR count). The van der Waals surface area contributed by atoms with E-state index < -0.39 is 0 Å². The number of rotatable bonds is 4. The van der Waals surface area contributed by atoms with Crippen molar-refractivity contribution in [2.24, 2.45) is 0 Å². The average Bonchev–Trinajstić information content (AvgIpc) is 2.11. The van der Waals surface area contributed by atoms with Gasteiger partial charge in [0.05, 0.1) is 5.25 Å². The first-order chi connectivity index (χ1) is 5.63. The fraction of sp³-hybridized carbons (Fsp3) is 0.556. The van der Waals surface area contributed by atoms with E-state index in [0.717, 1.165) is 6.42 Å². The van der Waals surface area contributed by atoms with E-state index in [4.69, 9.17) is 23.2 Å². The summed E-state index contributed by atoms with van der Waals surface area (Å²) in [5.41, 5.74) is 0. The molecule has 0 radical (unpaired) electrons. The zero-order chi connectivity index (χ0) is 9.56. The molecule has 0 aromatic heterocycles. The largest absolute Gasteiger partial charge is 0.169 e. The lowest BCUT2D eigenvalue weighted by atomic mass is 10.2. The van der Waals surface area contributed by atoms with Gasteiger partial charge in [0.25, 0.3) is 0 Å². The van der Waals surface area contributed by atoms with Crippen LogP contribution < -0.4 is 0 Å². The molecular weight excluding hydrogens is 211 g/mol. The molecule has 0 fully saturated rings. The summed E-state index contributed by atoms with van der Waals surface area (Å²) in [5.74, 6) is 0. The molecule has 0 amide bonds. The van der Waals surface area contributed by atoms with Crippen LogP contribution in [0.15, 0.2) is 23.3 Å². The minimum Gasteiger partial charge on any atom is -0.169 e. The number of thiol groups is 1. The van der Waals surface area contributed by atoms with Gasteiger partial charge in [-0.1, -0.05) is 30.7 Å². The Morgan fingerprint density at radius 2 is 2.17 bits per heavy atom. The number of hydrogen-bond donors (Lipinski definition) is 1. The molecule has 0 aromatic carbocycles. The first-order valence-electron chi connectivity index (χ1n) is 3.94. The number of alkyl halides is 1. The second-order valence-electron chi connectivity index (χ2n) is 2.45. The SMILES string of the molecule is CC=CC=C(Cl)C(S)C(Cl)CC. The highest BCUT2D eigenvalue weighted by atomic mass is 35.5. The summed E-state index contributed by atoms with van der Waals surface area (Å²) in [6.45, 7) is 3.95. The zero-order valence-corrected chi connectivity index (χ0v) is 9.70. The van der Waals surface area contributed by atoms with E-state index in [9.17, 15) is 0 Å². The first kappa shape index (κ1) is 12.4. The smallest absolute Gasteiger partial charge is 0.0538 e. The standard InChI is InChI=1S/C9H14Cl2S/c1-3-5-6-8(11)9(12)7(10)4-2/h3,5-7,9,12H,4H2,1-2H3. The molecule has 0 nitrogen and oxygen atoms in total. The molecule has 70 valence electrons. The summed E-state index contributed by atoms with van der Waals surface area (Å²) >= 11 is 16.2. The van der Waals surface area contributed by atoms with Gasteiger partial charge in [0, 0.05) is 10.4 Å². The summed E-state index contributed by atoms with van der Waals surface area (Å²) in [5, 5.41) is 0.634. The van der Waals surface area contributed by atoms with Gasteiger partial charge in [-0.3, -0.25) is 0 Å². The minimum atomic E-state index is -0.0606. The summed E-state index contributed by atoms with van der Waals surface area (Å²) in [7, 11) is 0. The van der Waals surface area contributed by atoms with E-state index >= 15 is 0 Å². The highest BCUT2D eigenvalue weighted by Gasteiger charge is 2.15. The predicted molar refractivity (Wildman–Crippen MR) is 61.5 cm³/mol. The lowest BCUT2D eigenvalue weighted by molar-refractivity contribution is 0.834. The monoisotopic (exact) mass is 224 g/mol. The topological polar surface area (TPSA) is 0 Å². The van der Waals surface area contributed by atoms with E-state index in [-0.39, 0.29) is 10.6 Å². The van der Waals surface area contributed by atoms with E-state index in [2.05, 4.69) is 12.6 Å². The second kappa shape index (κ2) is 6.88. The van der Waals surface area contributed by atoms with Gasteiger partial charge in [-0.05, 0) is 19.4 Å². The van der Waals surface area contributed by atoms with Crippen molar-refractivity contribution in [3.05, 3.63) is 23.3 Å². The van der Waals surface area contributed by atoms with Crippen molar-refractivity contribution in [3.63, 3.8) is 0 Å². The molecule has 0 saturated carbocycles. The normalized spacial score (nSPS) is 18.2. The zero-order valence-electron chi connectivity index (χ0n) is 7.30. The molecule has 3 heteroatoms. The minimum absolute atomic E-state index is 0.00217. The third-order valence-corrected chi connectivity index (χ3v) is 3.35. The third-order valence-electron chi connectivity index (χ3n) is 1.46. The van der Waals surface area contributed by atoms with Crippen LogP contribution in [0, 0.1) is 0 Å². The molecule has 0 aliphatic rings. The van der Waals surface area contributed by atoms with Crippen molar-refractivity contribution in [1.29, 1.82) is 0 Å². The fourth-order valence-corrected chi connectivity index (χ4v) is 1.40. The Hall–Kier alpha value is 0.410. The van der Waals surface area contributed by atoms with Crippen molar-refractivity contribution >= 4 is 35.8 Å². The second-order valence-corrected chi connectivity index (χ2v) is 4.00. The van der Waals surface area contributed by atoms with Crippen molar-refractivity contribution in [3.8, 4) is 0 Å². The van der Waals surface area contributed by atoms with E-state index in [1.807, 2.05) is 32.1 Å². The molecule has 12 heavy (non-hydrogen) atoms. The van der Waals surface area contributed by atoms with Crippen LogP contribution in [0.25, 0.3) is 0 Å². The summed E-state index contributed by atoms with van der Waals surface area (Å²) in [6, 6.07) is 0. The lowest BCUT2D eigenvalue weighted by Gasteiger charge is -2.13. The Labute approximate surface area is 90.0 Å². The molecule has 0 aliphatic heterocycles. The molecular formula is C9H14Cl2S. The molecule has 2 unspecified atom stereocenters. The van der Waals surface area contributed by atoms with Crippen molar-refractivity contribution < 1.29 is 0 Å². The van der Waals surface area contributed by atoms with E-state index in [0.29, 0.717) is 5.03 Å². The molecule has 0 bridgehead atoms. The van der Waals surface area contributed by atoms with Crippen molar-refractivity contribution in [2.45, 2.75) is 30.9 Å². The Morgan fingerprint density at radius 1 is 1.58 bits per heavy atom. The van der Waals surface area contributed by atoms with Crippen LogP contribution >= 0.6 is 35.8 Å². The van der Waals surface area contributed by atoms with E-state index in [1.165, 1.54) is 0 Å². The fourth-order valence-electron chi connectivity index (χ4n) is 0.683. The lowest BCUT2D eigenvalue weighted by Crippen LogP contribution is -2.13. The van der Waals surface area contributed by atoms with Gasteiger partial charge in [-0.15, -0.1) is 11.6 Å². The highest BCUT2D eigenvalue weighted by Crippen LogP contribution is 2.23. The van der Waals surface area contributed by atoms with Crippen LogP contribution in [0.3, 0.4) is 0 Å². The van der Waals surface area contributed by atoms with Crippen LogP contribution in [0.1, 0.15) is 20.3 Å². The average molecular weight is 225 g/mol. The first-order valence-corrected chi connectivity index (χ1v) is 5.27. The van der Waals surface area contributed by atoms with Crippen LogP contribution in [0.5, 0.6) is 0 Å². The maximum Gasteiger partial charge on any atom is 0.0538 e. The summed E-state index contributed by atoms with van der Waals surface area (Å²) < 4.78 is 0. The van der Waals surface area contributed by atoms with Crippen molar-refractivity contribution in [1.82, 2.24) is 0 Å². The Morgan fingerprint density at radius 3 is 2.58 bits per heavy atom. The van der Waals surface area contributed by atoms with Gasteiger partial charge >= 0.3 is 0 Å². The third kappa shape index (κ3) is 4.44. The number of hydrogen-bond acceptors (Lipinski definition) is 1. The molecule has 0 spiro atoms. The van der Waals surface area contributed by atoms with Gasteiger partial charge in [0.15, 0.2) is 0 Å². The van der Waals surface area contributed by atoms with Gasteiger partial charge in [0.2, 0.25) is 0 Å². The Kier molecular flexibility index (Phi) is 7.11. The predicted octanol–water partition coefficient (Wildman–Crippen LogP) is 4.00. The van der Waals surface area contributed by atoms with Crippen LogP contribution in [-0.2, 0) is 0 Å². The molecule has 0 N–H and O–H groups in total. The summed E-state index contributed by atoms with van der Waals surface area (Å²) in [6.07, 6.45) is 6.49. The van der Waals surface area contributed by atoms with Crippen LogP contribution in [-0.4, -0.2) is 10.6 Å². The van der Waals surface area contributed by atoms with Gasteiger partial charge in [-0.25, -0.2) is 0 Å². The molecule has 0 aromatic rings. The number of halogens is 2. The Balaban J connectivity index is 4.17. The summed E-state index contributed by atoms with van der Waals surface area (Å²) in [4.78, 5) is 0. The molecule has 0 heterocycles. The quantitative estimate of drug-likeness (QED) is 0.417. The van der Waals surface area contributed by atoms with Gasteiger partial charge < -0.3 is 0 Å². The molecule has 0 aliphatic carbocycles.